The maximum absolute atomic E-state index is 5.89. The maximum Gasteiger partial charge on any atom is 0.129 e. The van der Waals surface area contributed by atoms with Crippen molar-refractivity contribution in [3.05, 3.63) is 54.6 Å². The van der Waals surface area contributed by atoms with E-state index >= 15 is 0 Å². The van der Waals surface area contributed by atoms with E-state index in [1.54, 1.807) is 12.4 Å². The van der Waals surface area contributed by atoms with E-state index in [-0.39, 0.29) is 0 Å². The van der Waals surface area contributed by atoms with Gasteiger partial charge < -0.3 is 9.72 Å². The number of hydrogen-bond donors (Lipinski definition) is 1. The molecule has 102 valence electrons. The van der Waals surface area contributed by atoms with Crippen LogP contribution in [0.4, 0.5) is 0 Å². The summed E-state index contributed by atoms with van der Waals surface area (Å²) in [7, 11) is 0. The van der Waals surface area contributed by atoms with Crippen LogP contribution in [0.25, 0.3) is 22.1 Å². The van der Waals surface area contributed by atoms with Gasteiger partial charge in [0.25, 0.3) is 0 Å². The number of nitrogens with one attached hydrogen (secondary N) is 1. The van der Waals surface area contributed by atoms with Crippen LogP contribution in [0.3, 0.4) is 0 Å². The van der Waals surface area contributed by atoms with Crippen LogP contribution in [-0.2, 0) is 0 Å². The van der Waals surface area contributed by atoms with Crippen molar-refractivity contribution < 1.29 is 4.74 Å². The largest absolute Gasteiger partial charge is 0.457 e. The van der Waals surface area contributed by atoms with Gasteiger partial charge in [0, 0.05) is 24.5 Å². The van der Waals surface area contributed by atoms with E-state index in [1.807, 2.05) is 43.3 Å². The number of aryl methyl sites for hydroxylation is 1. The molecular formula is C16H12N4O. The molecule has 5 nitrogen and oxygen atoms in total. The van der Waals surface area contributed by atoms with E-state index in [4.69, 9.17) is 4.74 Å². The molecule has 0 atom stereocenters. The number of aromatic nitrogens is 4. The highest BCUT2D eigenvalue weighted by atomic mass is 16.5. The number of H-pyrrole nitrogens is 1. The molecule has 0 aliphatic carbocycles. The molecule has 4 rings (SSSR count). The standard InChI is InChI=1S/C16H12N4O/c1-10-19-14-5-3-12(9-16(14)20-10)21-11-2-4-13-15(8-11)18-7-6-17-13/h2-9H,1H3,(H,19,20). The number of aromatic amines is 1. The summed E-state index contributed by atoms with van der Waals surface area (Å²) < 4.78 is 5.89. The van der Waals surface area contributed by atoms with Crippen LogP contribution in [0.5, 0.6) is 11.5 Å². The Bertz CT molecular complexity index is 945. The van der Waals surface area contributed by atoms with Crippen molar-refractivity contribution in [1.82, 2.24) is 19.9 Å². The molecule has 0 bridgehead atoms. The lowest BCUT2D eigenvalue weighted by atomic mass is 10.2. The highest BCUT2D eigenvalue weighted by Crippen LogP contribution is 2.26. The molecule has 0 saturated carbocycles. The first kappa shape index (κ1) is 11.8. The van der Waals surface area contributed by atoms with E-state index < -0.39 is 0 Å². The summed E-state index contributed by atoms with van der Waals surface area (Å²) >= 11 is 0. The molecule has 0 spiro atoms. The zero-order valence-corrected chi connectivity index (χ0v) is 11.4. The van der Waals surface area contributed by atoms with Crippen LogP contribution in [0.1, 0.15) is 5.82 Å². The van der Waals surface area contributed by atoms with E-state index in [0.29, 0.717) is 0 Å². The number of ether oxygens (including phenoxy) is 1. The lowest BCUT2D eigenvalue weighted by Gasteiger charge is -2.06. The summed E-state index contributed by atoms with van der Waals surface area (Å²) in [4.78, 5) is 16.1. The van der Waals surface area contributed by atoms with E-state index in [2.05, 4.69) is 19.9 Å². The van der Waals surface area contributed by atoms with Gasteiger partial charge in [-0.2, -0.15) is 0 Å². The van der Waals surface area contributed by atoms with Crippen molar-refractivity contribution in [2.24, 2.45) is 0 Å². The molecule has 5 heteroatoms. The van der Waals surface area contributed by atoms with Gasteiger partial charge in [0.05, 0.1) is 22.1 Å². The SMILES string of the molecule is Cc1nc2ccc(Oc3ccc4nccnc4c3)cc2[nH]1. The lowest BCUT2D eigenvalue weighted by molar-refractivity contribution is 0.484. The molecule has 4 aromatic rings. The summed E-state index contributed by atoms with van der Waals surface area (Å²) in [6, 6.07) is 11.5. The van der Waals surface area contributed by atoms with Crippen molar-refractivity contribution in [2.75, 3.05) is 0 Å². The van der Waals surface area contributed by atoms with Crippen molar-refractivity contribution in [2.45, 2.75) is 6.92 Å². The number of rotatable bonds is 2. The summed E-state index contributed by atoms with van der Waals surface area (Å²) in [5.74, 6) is 2.39. The van der Waals surface area contributed by atoms with Crippen molar-refractivity contribution >= 4 is 22.1 Å². The quantitative estimate of drug-likeness (QED) is 0.607. The topological polar surface area (TPSA) is 63.7 Å². The van der Waals surface area contributed by atoms with Crippen LogP contribution in [0, 0.1) is 6.92 Å². The van der Waals surface area contributed by atoms with Crippen LogP contribution in [0.2, 0.25) is 0 Å². The van der Waals surface area contributed by atoms with Gasteiger partial charge in [-0.25, -0.2) is 4.98 Å². The molecule has 0 unspecified atom stereocenters. The minimum atomic E-state index is 0.735. The highest BCUT2D eigenvalue weighted by molar-refractivity contribution is 5.77. The van der Waals surface area contributed by atoms with Crippen molar-refractivity contribution in [3.63, 3.8) is 0 Å². The first-order chi connectivity index (χ1) is 10.3. The monoisotopic (exact) mass is 276 g/mol. The molecule has 0 aliphatic rings. The van der Waals surface area contributed by atoms with Crippen LogP contribution < -0.4 is 4.74 Å². The Morgan fingerprint density at radius 1 is 0.857 bits per heavy atom. The zero-order chi connectivity index (χ0) is 14.2. The van der Waals surface area contributed by atoms with Gasteiger partial charge in [-0.3, -0.25) is 9.97 Å². The average Bonchev–Trinajstić information content (AvgIpc) is 2.86. The molecule has 0 saturated heterocycles. The van der Waals surface area contributed by atoms with Gasteiger partial charge in [-0.15, -0.1) is 0 Å². The number of hydrogen-bond acceptors (Lipinski definition) is 4. The summed E-state index contributed by atoms with van der Waals surface area (Å²) in [5.41, 5.74) is 3.56. The fraction of sp³-hybridized carbons (Fsp3) is 0.0625. The Balaban J connectivity index is 1.71. The van der Waals surface area contributed by atoms with Crippen molar-refractivity contribution in [1.29, 1.82) is 0 Å². The molecule has 2 aromatic carbocycles. The summed E-state index contributed by atoms with van der Waals surface area (Å²) in [6.07, 6.45) is 3.35. The number of benzene rings is 2. The Morgan fingerprint density at radius 2 is 1.57 bits per heavy atom. The minimum Gasteiger partial charge on any atom is -0.457 e. The molecule has 0 fully saturated rings. The van der Waals surface area contributed by atoms with Crippen LogP contribution >= 0.6 is 0 Å². The van der Waals surface area contributed by atoms with Gasteiger partial charge in [-0.05, 0) is 31.2 Å². The molecule has 2 heterocycles. The Kier molecular flexibility index (Phi) is 2.57. The summed E-state index contributed by atoms with van der Waals surface area (Å²) in [5, 5.41) is 0. The third-order valence-corrected chi connectivity index (χ3v) is 3.25. The van der Waals surface area contributed by atoms with Gasteiger partial charge in [0.1, 0.15) is 17.3 Å². The van der Waals surface area contributed by atoms with Crippen LogP contribution in [-0.4, -0.2) is 19.9 Å². The maximum atomic E-state index is 5.89. The first-order valence-electron chi connectivity index (χ1n) is 6.63. The predicted octanol–water partition coefficient (Wildman–Crippen LogP) is 3.61. The Labute approximate surface area is 120 Å². The zero-order valence-electron chi connectivity index (χ0n) is 11.4. The first-order valence-corrected chi connectivity index (χ1v) is 6.63. The van der Waals surface area contributed by atoms with E-state index in [0.717, 1.165) is 39.4 Å². The fourth-order valence-corrected chi connectivity index (χ4v) is 2.32. The molecule has 0 aliphatic heterocycles. The number of imidazole rings is 1. The number of nitrogens with zero attached hydrogens (tertiary/aromatic N) is 3. The Morgan fingerprint density at radius 3 is 2.43 bits per heavy atom. The normalized spacial score (nSPS) is 11.1. The average molecular weight is 276 g/mol. The second kappa shape index (κ2) is 4.56. The minimum absolute atomic E-state index is 0.735. The molecule has 0 amide bonds. The third kappa shape index (κ3) is 2.18. The molecule has 2 aromatic heterocycles. The number of fused-ring (bicyclic) bond motifs is 2. The van der Waals surface area contributed by atoms with Gasteiger partial charge >= 0.3 is 0 Å². The lowest BCUT2D eigenvalue weighted by Crippen LogP contribution is -1.87. The molecule has 1 N–H and O–H groups in total. The fourth-order valence-electron chi connectivity index (χ4n) is 2.32. The molecule has 0 radical (unpaired) electrons. The predicted molar refractivity (Wildman–Crippen MR) is 80.4 cm³/mol. The van der Waals surface area contributed by atoms with Gasteiger partial charge in [0.2, 0.25) is 0 Å². The van der Waals surface area contributed by atoms with Crippen LogP contribution in [0.15, 0.2) is 48.8 Å². The second-order valence-electron chi connectivity index (χ2n) is 4.81. The van der Waals surface area contributed by atoms with E-state index in [9.17, 15) is 0 Å². The molecule has 21 heavy (non-hydrogen) atoms. The summed E-state index contributed by atoms with van der Waals surface area (Å²) in [6.45, 7) is 1.93. The Hall–Kier alpha value is -2.95. The van der Waals surface area contributed by atoms with E-state index in [1.165, 1.54) is 0 Å². The smallest absolute Gasteiger partial charge is 0.129 e. The second-order valence-corrected chi connectivity index (χ2v) is 4.81. The van der Waals surface area contributed by atoms with Crippen molar-refractivity contribution in [3.8, 4) is 11.5 Å². The van der Waals surface area contributed by atoms with Gasteiger partial charge in [0.15, 0.2) is 0 Å². The highest BCUT2D eigenvalue weighted by Gasteiger charge is 2.04. The third-order valence-electron chi connectivity index (χ3n) is 3.25. The molecular weight excluding hydrogens is 264 g/mol. The van der Waals surface area contributed by atoms with Gasteiger partial charge in [-0.1, -0.05) is 0 Å².